The molecule has 1 aliphatic heterocycles. The van der Waals surface area contributed by atoms with E-state index in [0.29, 0.717) is 0 Å². The van der Waals surface area contributed by atoms with Gasteiger partial charge in [-0.25, -0.2) is 4.79 Å². The molecule has 11 heavy (non-hydrogen) atoms. The average molecular weight is 160 g/mol. The van der Waals surface area contributed by atoms with Gasteiger partial charge in [0, 0.05) is 7.11 Å². The largest absolute Gasteiger partial charge is 0.382 e. The van der Waals surface area contributed by atoms with Crippen molar-refractivity contribution in [1.29, 1.82) is 0 Å². The lowest BCUT2D eigenvalue weighted by atomic mass is 10.3. The maximum Gasteiger partial charge on any atom is 0.344 e. The summed E-state index contributed by atoms with van der Waals surface area (Å²) in [6, 6.07) is -0.666. The van der Waals surface area contributed by atoms with E-state index in [4.69, 9.17) is 10.6 Å². The summed E-state index contributed by atoms with van der Waals surface area (Å²) in [5.74, 6) is -0.427. The van der Waals surface area contributed by atoms with E-state index in [1.54, 1.807) is 0 Å². The summed E-state index contributed by atoms with van der Waals surface area (Å²) in [4.78, 5) is 15.7. The molecule has 64 valence electrons. The number of methoxy groups -OCH3 is 1. The van der Waals surface area contributed by atoms with Crippen LogP contribution in [0.15, 0.2) is 0 Å². The van der Waals surface area contributed by atoms with Gasteiger partial charge in [-0.05, 0) is 0 Å². The fraction of sp³-hybridized carbons (Fsp3) is 0.833. The molecule has 2 N–H and O–H groups in total. The number of nitrogens with zero attached hydrogens (tertiary/aromatic N) is 1. The Kier molecular flexibility index (Phi) is 2.81. The highest BCUT2D eigenvalue weighted by Gasteiger charge is 2.25. The van der Waals surface area contributed by atoms with Gasteiger partial charge in [0.25, 0.3) is 0 Å². The minimum Gasteiger partial charge on any atom is -0.382 e. The van der Waals surface area contributed by atoms with E-state index in [-0.39, 0.29) is 6.61 Å². The summed E-state index contributed by atoms with van der Waals surface area (Å²) in [6.07, 6.45) is 0. The molecule has 0 amide bonds. The highest BCUT2D eigenvalue weighted by atomic mass is 16.7. The number of hydroxylamine groups is 2. The van der Waals surface area contributed by atoms with Crippen molar-refractivity contribution in [3.05, 3.63) is 0 Å². The van der Waals surface area contributed by atoms with Crippen LogP contribution in [0.1, 0.15) is 0 Å². The van der Waals surface area contributed by atoms with Crippen LogP contribution in [-0.2, 0) is 14.4 Å². The van der Waals surface area contributed by atoms with E-state index >= 15 is 0 Å². The first-order chi connectivity index (χ1) is 5.24. The molecule has 0 aliphatic carbocycles. The lowest BCUT2D eigenvalue weighted by Crippen LogP contribution is -2.37. The van der Waals surface area contributed by atoms with E-state index in [1.807, 2.05) is 0 Å². The number of nitrogens with two attached hydrogens (primary N) is 1. The number of carbonyl (C=O) groups excluding carboxylic acids is 1. The SMILES string of the molecule is COC[C@H](N)C(=O)ON1CC1. The summed E-state index contributed by atoms with van der Waals surface area (Å²) >= 11 is 0. The van der Waals surface area contributed by atoms with Crippen molar-refractivity contribution < 1.29 is 14.4 Å². The van der Waals surface area contributed by atoms with Crippen molar-refractivity contribution in [2.45, 2.75) is 6.04 Å². The zero-order valence-corrected chi connectivity index (χ0v) is 6.45. The van der Waals surface area contributed by atoms with Gasteiger partial charge < -0.3 is 15.3 Å². The standard InChI is InChI=1S/C6H12N2O3/c1-10-4-5(7)6(9)11-8-2-3-8/h5H,2-4,7H2,1H3/t5-/m0/s1. The van der Waals surface area contributed by atoms with Crippen LogP contribution in [0.4, 0.5) is 0 Å². The first-order valence-electron chi connectivity index (χ1n) is 3.45. The van der Waals surface area contributed by atoms with E-state index < -0.39 is 12.0 Å². The molecule has 0 radical (unpaired) electrons. The second kappa shape index (κ2) is 3.66. The zero-order chi connectivity index (χ0) is 8.27. The highest BCUT2D eigenvalue weighted by Crippen LogP contribution is 2.04. The molecule has 0 saturated carbocycles. The van der Waals surface area contributed by atoms with Gasteiger partial charge in [-0.2, -0.15) is 0 Å². The van der Waals surface area contributed by atoms with Crippen LogP contribution < -0.4 is 5.73 Å². The maximum atomic E-state index is 10.9. The molecule has 0 spiro atoms. The van der Waals surface area contributed by atoms with E-state index in [1.165, 1.54) is 12.2 Å². The molecule has 1 fully saturated rings. The second-order valence-corrected chi connectivity index (χ2v) is 2.40. The Morgan fingerprint density at radius 1 is 1.73 bits per heavy atom. The molecule has 1 aliphatic rings. The highest BCUT2D eigenvalue weighted by molar-refractivity contribution is 5.75. The van der Waals surface area contributed by atoms with Gasteiger partial charge in [-0.3, -0.25) is 0 Å². The Morgan fingerprint density at radius 3 is 2.82 bits per heavy atom. The van der Waals surface area contributed by atoms with Gasteiger partial charge in [-0.15, -0.1) is 5.06 Å². The molecule has 0 aromatic rings. The van der Waals surface area contributed by atoms with Crippen molar-refractivity contribution in [3.8, 4) is 0 Å². The number of ether oxygens (including phenoxy) is 1. The Balaban J connectivity index is 2.15. The molecule has 0 bridgehead atoms. The van der Waals surface area contributed by atoms with Crippen LogP contribution in [0.25, 0.3) is 0 Å². The lowest BCUT2D eigenvalue weighted by Gasteiger charge is -2.08. The average Bonchev–Trinajstić information content (AvgIpc) is 2.72. The van der Waals surface area contributed by atoms with Crippen LogP contribution in [0.5, 0.6) is 0 Å². The molecule has 1 heterocycles. The predicted molar refractivity (Wildman–Crippen MR) is 37.5 cm³/mol. The van der Waals surface area contributed by atoms with Crippen molar-refractivity contribution >= 4 is 5.97 Å². The van der Waals surface area contributed by atoms with Crippen molar-refractivity contribution in [2.24, 2.45) is 5.73 Å². The summed E-state index contributed by atoms with van der Waals surface area (Å²) in [7, 11) is 1.49. The molecule has 0 aromatic carbocycles. The number of carbonyl (C=O) groups is 1. The fourth-order valence-electron chi connectivity index (χ4n) is 0.575. The first kappa shape index (κ1) is 8.45. The van der Waals surface area contributed by atoms with Gasteiger partial charge in [0.2, 0.25) is 0 Å². The molecule has 5 heteroatoms. The van der Waals surface area contributed by atoms with Gasteiger partial charge >= 0.3 is 5.97 Å². The van der Waals surface area contributed by atoms with Gasteiger partial charge in [0.05, 0.1) is 19.7 Å². The Bertz CT molecular complexity index is 147. The van der Waals surface area contributed by atoms with Crippen LogP contribution in [0, 0.1) is 0 Å². The zero-order valence-electron chi connectivity index (χ0n) is 6.45. The molecule has 5 nitrogen and oxygen atoms in total. The molecule has 1 saturated heterocycles. The normalized spacial score (nSPS) is 19.5. The smallest absolute Gasteiger partial charge is 0.344 e. The number of hydrogen-bond acceptors (Lipinski definition) is 5. The minimum absolute atomic E-state index is 0.201. The summed E-state index contributed by atoms with van der Waals surface area (Å²) < 4.78 is 4.68. The predicted octanol–water partition coefficient (Wildman–Crippen LogP) is -1.27. The molecule has 1 rings (SSSR count). The fourth-order valence-corrected chi connectivity index (χ4v) is 0.575. The van der Waals surface area contributed by atoms with Crippen LogP contribution in [0.3, 0.4) is 0 Å². The quantitative estimate of drug-likeness (QED) is 0.520. The summed E-state index contributed by atoms with van der Waals surface area (Å²) in [5.41, 5.74) is 5.38. The van der Waals surface area contributed by atoms with Gasteiger partial charge in [-0.1, -0.05) is 0 Å². The van der Waals surface area contributed by atoms with Gasteiger partial charge in [0.1, 0.15) is 6.04 Å². The minimum atomic E-state index is -0.666. The Hall–Kier alpha value is -0.650. The topological polar surface area (TPSA) is 64.6 Å². The maximum absolute atomic E-state index is 10.9. The third kappa shape index (κ3) is 2.83. The summed E-state index contributed by atoms with van der Waals surface area (Å²) in [6.45, 7) is 1.82. The van der Waals surface area contributed by atoms with Crippen LogP contribution >= 0.6 is 0 Å². The summed E-state index contributed by atoms with van der Waals surface area (Å²) in [5, 5.41) is 1.54. The third-order valence-electron chi connectivity index (χ3n) is 1.27. The van der Waals surface area contributed by atoms with Crippen LogP contribution in [0.2, 0.25) is 0 Å². The van der Waals surface area contributed by atoms with Crippen LogP contribution in [-0.4, -0.2) is 43.9 Å². The van der Waals surface area contributed by atoms with Crippen molar-refractivity contribution in [2.75, 3.05) is 26.8 Å². The van der Waals surface area contributed by atoms with Crippen molar-refractivity contribution in [3.63, 3.8) is 0 Å². The monoisotopic (exact) mass is 160 g/mol. The molecular weight excluding hydrogens is 148 g/mol. The second-order valence-electron chi connectivity index (χ2n) is 2.40. The molecule has 0 aromatic heterocycles. The first-order valence-corrected chi connectivity index (χ1v) is 3.45. The molecular formula is C6H12N2O3. The van der Waals surface area contributed by atoms with E-state index in [2.05, 4.69) is 4.74 Å². The molecule has 0 unspecified atom stereocenters. The molecule has 1 atom stereocenters. The number of rotatable bonds is 4. The van der Waals surface area contributed by atoms with Gasteiger partial charge in [0.15, 0.2) is 0 Å². The van der Waals surface area contributed by atoms with E-state index in [9.17, 15) is 4.79 Å². The number of hydrogen-bond donors (Lipinski definition) is 1. The Labute approximate surface area is 65.0 Å². The third-order valence-corrected chi connectivity index (χ3v) is 1.27. The Morgan fingerprint density at radius 2 is 2.36 bits per heavy atom. The van der Waals surface area contributed by atoms with E-state index in [0.717, 1.165) is 13.1 Å². The lowest BCUT2D eigenvalue weighted by molar-refractivity contribution is -0.168. The van der Waals surface area contributed by atoms with Crippen molar-refractivity contribution in [1.82, 2.24) is 5.06 Å².